The van der Waals surface area contributed by atoms with E-state index in [-0.39, 0.29) is 6.03 Å². The van der Waals surface area contributed by atoms with Gasteiger partial charge in [-0.15, -0.1) is 14.0 Å². The lowest BCUT2D eigenvalue weighted by Gasteiger charge is -2.21. The number of carbonyl (C=O) groups is 1. The standard InChI is InChI=1S/C8H17N5OP4/c1-2-3-12-5-7-6(4-9-8(12)14)10-11-13(7)18(16)17-15/h17H,2-5,15-16H2,1H3,(H,9,14). The summed E-state index contributed by atoms with van der Waals surface area (Å²) in [6, 6.07) is -0.0113. The fourth-order valence-corrected chi connectivity index (χ4v) is 4.84. The minimum absolute atomic E-state index is 0.0113. The molecule has 0 aliphatic carbocycles. The second-order valence-electron chi connectivity index (χ2n) is 3.93. The molecule has 100 valence electrons. The van der Waals surface area contributed by atoms with E-state index in [2.05, 4.69) is 40.4 Å². The molecule has 0 saturated heterocycles. The van der Waals surface area contributed by atoms with E-state index in [0.29, 0.717) is 21.0 Å². The molecular formula is C8H17N5OP4. The van der Waals surface area contributed by atoms with Crippen molar-refractivity contribution in [2.75, 3.05) is 6.54 Å². The van der Waals surface area contributed by atoms with E-state index in [1.807, 2.05) is 9.35 Å². The molecule has 0 saturated carbocycles. The Hall–Kier alpha value is 0.130. The third kappa shape index (κ3) is 2.99. The van der Waals surface area contributed by atoms with Gasteiger partial charge in [-0.1, -0.05) is 21.1 Å². The SMILES string of the molecule is CCCN1Cc2c(nnn2P(P)PP)CNC1=O. The zero-order chi connectivity index (χ0) is 13.1. The van der Waals surface area contributed by atoms with Gasteiger partial charge >= 0.3 is 6.03 Å². The van der Waals surface area contributed by atoms with Gasteiger partial charge < -0.3 is 10.2 Å². The van der Waals surface area contributed by atoms with Crippen LogP contribution in [0.2, 0.25) is 0 Å². The van der Waals surface area contributed by atoms with Crippen LogP contribution in [0.15, 0.2) is 0 Å². The highest BCUT2D eigenvalue weighted by molar-refractivity contribution is 8.60. The van der Waals surface area contributed by atoms with Crippen molar-refractivity contribution in [1.82, 2.24) is 25.0 Å². The molecule has 0 spiro atoms. The largest absolute Gasteiger partial charge is 0.332 e. The van der Waals surface area contributed by atoms with E-state index < -0.39 is 7.45 Å². The lowest BCUT2D eigenvalue weighted by atomic mass is 10.3. The smallest absolute Gasteiger partial charge is 0.318 e. The van der Waals surface area contributed by atoms with Gasteiger partial charge in [-0.3, -0.25) is 0 Å². The third-order valence-electron chi connectivity index (χ3n) is 2.69. The summed E-state index contributed by atoms with van der Waals surface area (Å²) in [5.74, 6) is 0. The van der Waals surface area contributed by atoms with Crippen molar-refractivity contribution in [2.24, 2.45) is 0 Å². The van der Waals surface area contributed by atoms with Crippen molar-refractivity contribution in [3.05, 3.63) is 11.4 Å². The first-order valence-corrected chi connectivity index (χ1v) is 12.2. The van der Waals surface area contributed by atoms with Crippen molar-refractivity contribution < 1.29 is 4.79 Å². The van der Waals surface area contributed by atoms with Crippen LogP contribution in [0.3, 0.4) is 0 Å². The number of urea groups is 1. The zero-order valence-electron chi connectivity index (χ0n) is 10.1. The number of nitrogens with zero attached hydrogens (tertiary/aromatic N) is 4. The number of hydrogen-bond acceptors (Lipinski definition) is 3. The Morgan fingerprint density at radius 3 is 3.06 bits per heavy atom. The number of rotatable bonds is 4. The zero-order valence-corrected chi connectivity index (χ0v) is 14.3. The van der Waals surface area contributed by atoms with E-state index in [4.69, 9.17) is 0 Å². The van der Waals surface area contributed by atoms with Crippen LogP contribution in [0, 0.1) is 0 Å². The molecule has 1 aromatic heterocycles. The highest BCUT2D eigenvalue weighted by Gasteiger charge is 2.25. The molecule has 4 unspecified atom stereocenters. The molecule has 1 aliphatic heterocycles. The summed E-state index contributed by atoms with van der Waals surface area (Å²) < 4.78 is 1.98. The fourth-order valence-electron chi connectivity index (χ4n) is 1.82. The Morgan fingerprint density at radius 1 is 1.61 bits per heavy atom. The maximum absolute atomic E-state index is 11.9. The van der Waals surface area contributed by atoms with Crippen LogP contribution in [0.1, 0.15) is 24.7 Å². The maximum atomic E-state index is 11.9. The van der Waals surface area contributed by atoms with Gasteiger partial charge in [0.1, 0.15) is 5.69 Å². The molecule has 0 aromatic carbocycles. The fraction of sp³-hybridized carbons (Fsp3) is 0.625. The highest BCUT2D eigenvalue weighted by atomic mass is 32.6. The Balaban J connectivity index is 2.28. The van der Waals surface area contributed by atoms with Crippen LogP contribution in [0.25, 0.3) is 0 Å². The minimum atomic E-state index is -0.421. The van der Waals surface area contributed by atoms with Gasteiger partial charge in [0.25, 0.3) is 0 Å². The number of amides is 2. The van der Waals surface area contributed by atoms with Crippen LogP contribution >= 0.6 is 33.3 Å². The number of nitrogens with one attached hydrogen (secondary N) is 1. The van der Waals surface area contributed by atoms with Gasteiger partial charge in [-0.25, -0.2) is 9.25 Å². The van der Waals surface area contributed by atoms with E-state index in [1.165, 1.54) is 0 Å². The molecule has 10 heteroatoms. The Labute approximate surface area is 114 Å². The summed E-state index contributed by atoms with van der Waals surface area (Å²) in [6.07, 6.45) is 0.950. The molecule has 2 rings (SSSR count). The first kappa shape index (κ1) is 14.5. The summed E-state index contributed by atoms with van der Waals surface area (Å²) >= 11 is 0. The van der Waals surface area contributed by atoms with Crippen LogP contribution in [0.4, 0.5) is 4.79 Å². The molecule has 2 heterocycles. The molecule has 1 N–H and O–H groups in total. The highest BCUT2D eigenvalue weighted by Crippen LogP contribution is 2.66. The topological polar surface area (TPSA) is 63.1 Å². The summed E-state index contributed by atoms with van der Waals surface area (Å²) in [6.45, 7) is 3.90. The van der Waals surface area contributed by atoms with Crippen LogP contribution < -0.4 is 5.32 Å². The summed E-state index contributed by atoms with van der Waals surface area (Å²) in [5.41, 5.74) is 1.96. The Kier molecular flexibility index (Phi) is 5.27. The van der Waals surface area contributed by atoms with Crippen molar-refractivity contribution in [3.8, 4) is 0 Å². The van der Waals surface area contributed by atoms with Gasteiger partial charge in [0, 0.05) is 6.54 Å². The predicted octanol–water partition coefficient (Wildman–Crippen LogP) is 2.13. The van der Waals surface area contributed by atoms with Crippen molar-refractivity contribution in [3.63, 3.8) is 0 Å². The summed E-state index contributed by atoms with van der Waals surface area (Å²) in [5, 5.41) is 11.3. The van der Waals surface area contributed by atoms with Crippen LogP contribution in [0.5, 0.6) is 0 Å². The molecule has 0 radical (unpaired) electrons. The number of aromatic nitrogens is 3. The summed E-state index contributed by atoms with van der Waals surface area (Å²) in [4.78, 5) is 13.7. The molecule has 6 nitrogen and oxygen atoms in total. The number of fused-ring (bicyclic) bond motifs is 1. The number of carbonyl (C=O) groups excluding carboxylic acids is 1. The van der Waals surface area contributed by atoms with Crippen molar-refractivity contribution in [1.29, 1.82) is 0 Å². The molecular weight excluding hydrogens is 306 g/mol. The van der Waals surface area contributed by atoms with Gasteiger partial charge in [-0.2, -0.15) is 0 Å². The first-order valence-electron chi connectivity index (χ1n) is 5.65. The van der Waals surface area contributed by atoms with Crippen LogP contribution in [-0.2, 0) is 13.1 Å². The normalized spacial score (nSPS) is 17.7. The lowest BCUT2D eigenvalue weighted by molar-refractivity contribution is 0.196. The summed E-state index contributed by atoms with van der Waals surface area (Å²) in [7, 11) is 5.87. The van der Waals surface area contributed by atoms with Gasteiger partial charge in [0.05, 0.1) is 26.2 Å². The van der Waals surface area contributed by atoms with Crippen molar-refractivity contribution in [2.45, 2.75) is 26.4 Å². The van der Waals surface area contributed by atoms with Crippen molar-refractivity contribution >= 4 is 39.3 Å². The average Bonchev–Trinajstić information content (AvgIpc) is 2.70. The molecule has 4 atom stereocenters. The monoisotopic (exact) mass is 323 g/mol. The van der Waals surface area contributed by atoms with Gasteiger partial charge in [-0.05, 0) is 14.4 Å². The van der Waals surface area contributed by atoms with Gasteiger partial charge in [0.2, 0.25) is 0 Å². The quantitative estimate of drug-likeness (QED) is 0.864. The van der Waals surface area contributed by atoms with E-state index in [9.17, 15) is 4.79 Å². The Bertz CT molecular complexity index is 439. The van der Waals surface area contributed by atoms with Crippen LogP contribution in [-0.4, -0.2) is 32.2 Å². The molecule has 1 aromatic rings. The molecule has 2 amide bonds. The van der Waals surface area contributed by atoms with E-state index in [1.54, 1.807) is 0 Å². The minimum Gasteiger partial charge on any atom is -0.332 e. The van der Waals surface area contributed by atoms with E-state index >= 15 is 0 Å². The second-order valence-corrected chi connectivity index (χ2v) is 12.7. The first-order chi connectivity index (χ1) is 8.67. The molecule has 0 fully saturated rings. The maximum Gasteiger partial charge on any atom is 0.318 e. The predicted molar refractivity (Wildman–Crippen MR) is 83.0 cm³/mol. The lowest BCUT2D eigenvalue weighted by Crippen LogP contribution is -2.37. The number of hydrogen-bond donors (Lipinski definition) is 1. The van der Waals surface area contributed by atoms with E-state index in [0.717, 1.165) is 24.4 Å². The average molecular weight is 323 g/mol. The molecule has 0 bridgehead atoms. The second kappa shape index (κ2) is 6.53. The Morgan fingerprint density at radius 2 is 2.39 bits per heavy atom. The third-order valence-corrected chi connectivity index (χ3v) is 12.1. The molecule has 1 aliphatic rings. The van der Waals surface area contributed by atoms with Gasteiger partial charge in [0.15, 0.2) is 0 Å². The molecule has 18 heavy (non-hydrogen) atoms.